The Morgan fingerprint density at radius 1 is 1.14 bits per heavy atom. The monoisotopic (exact) mass is 386 g/mol. The van der Waals surface area contributed by atoms with E-state index in [1.807, 2.05) is 11.9 Å². The fourth-order valence-corrected chi connectivity index (χ4v) is 4.07. The van der Waals surface area contributed by atoms with E-state index >= 15 is 0 Å². The van der Waals surface area contributed by atoms with E-state index in [1.165, 1.54) is 16.7 Å². The van der Waals surface area contributed by atoms with Gasteiger partial charge >= 0.3 is 0 Å². The van der Waals surface area contributed by atoms with E-state index < -0.39 is 0 Å². The summed E-state index contributed by atoms with van der Waals surface area (Å²) in [6.07, 6.45) is 4.80. The number of hydrogen-bond donors (Lipinski definition) is 2. The van der Waals surface area contributed by atoms with Gasteiger partial charge in [0.25, 0.3) is 0 Å². The van der Waals surface area contributed by atoms with Crippen LogP contribution in [0.15, 0.2) is 23.2 Å². The first kappa shape index (κ1) is 22.3. The number of aryl methyl sites for hydroxylation is 2. The Morgan fingerprint density at radius 2 is 1.75 bits per heavy atom. The molecule has 0 atom stereocenters. The lowest BCUT2D eigenvalue weighted by Crippen LogP contribution is -2.50. The molecule has 1 aromatic carbocycles. The molecule has 5 heteroatoms. The SMILES string of the molecule is CCC(CC)C(=O)N1CCC(NC(=NC)NCCc2cc(C)cc(C)c2)CC1. The van der Waals surface area contributed by atoms with Crippen molar-refractivity contribution >= 4 is 11.9 Å². The second-order valence-electron chi connectivity index (χ2n) is 8.00. The third-order valence-corrected chi connectivity index (χ3v) is 5.69. The van der Waals surface area contributed by atoms with E-state index in [-0.39, 0.29) is 5.92 Å². The summed E-state index contributed by atoms with van der Waals surface area (Å²) < 4.78 is 0. The summed E-state index contributed by atoms with van der Waals surface area (Å²) in [5, 5.41) is 6.97. The molecule has 0 saturated carbocycles. The molecule has 1 aliphatic heterocycles. The van der Waals surface area contributed by atoms with Gasteiger partial charge in [-0.25, -0.2) is 0 Å². The predicted molar refractivity (Wildman–Crippen MR) is 118 cm³/mol. The lowest BCUT2D eigenvalue weighted by molar-refractivity contribution is -0.136. The van der Waals surface area contributed by atoms with E-state index in [4.69, 9.17) is 0 Å². The second kappa shape index (κ2) is 11.1. The first-order valence-electron chi connectivity index (χ1n) is 10.8. The minimum absolute atomic E-state index is 0.184. The van der Waals surface area contributed by atoms with Crippen LogP contribution in [0.4, 0.5) is 0 Å². The first-order valence-corrected chi connectivity index (χ1v) is 10.8. The van der Waals surface area contributed by atoms with Gasteiger partial charge < -0.3 is 15.5 Å². The second-order valence-corrected chi connectivity index (χ2v) is 8.00. The highest BCUT2D eigenvalue weighted by Crippen LogP contribution is 2.17. The fourth-order valence-electron chi connectivity index (χ4n) is 4.07. The number of carbonyl (C=O) groups is 1. The number of amides is 1. The van der Waals surface area contributed by atoms with Crippen molar-refractivity contribution in [1.82, 2.24) is 15.5 Å². The Labute approximate surface area is 171 Å². The minimum atomic E-state index is 0.184. The number of hydrogen-bond acceptors (Lipinski definition) is 2. The molecule has 5 nitrogen and oxygen atoms in total. The van der Waals surface area contributed by atoms with Crippen molar-refractivity contribution in [3.05, 3.63) is 34.9 Å². The zero-order valence-electron chi connectivity index (χ0n) is 18.3. The number of likely N-dealkylation sites (tertiary alicyclic amines) is 1. The summed E-state index contributed by atoms with van der Waals surface area (Å²) in [7, 11) is 1.82. The standard InChI is InChI=1S/C23H38N4O/c1-6-20(7-2)22(28)27-12-9-21(10-13-27)26-23(24-5)25-11-8-19-15-17(3)14-18(4)16-19/h14-16,20-21H,6-13H2,1-5H3,(H2,24,25,26). The molecule has 1 aromatic rings. The Hall–Kier alpha value is -2.04. The lowest BCUT2D eigenvalue weighted by Gasteiger charge is -2.34. The van der Waals surface area contributed by atoms with Gasteiger partial charge in [-0.05, 0) is 51.5 Å². The van der Waals surface area contributed by atoms with Gasteiger partial charge in [-0.2, -0.15) is 0 Å². The number of rotatable bonds is 7. The molecule has 0 aliphatic carbocycles. The lowest BCUT2D eigenvalue weighted by atomic mass is 9.98. The molecule has 0 spiro atoms. The Kier molecular flexibility index (Phi) is 8.81. The quantitative estimate of drug-likeness (QED) is 0.557. The number of benzene rings is 1. The van der Waals surface area contributed by atoms with Crippen molar-refractivity contribution in [2.24, 2.45) is 10.9 Å². The number of piperidine rings is 1. The molecule has 0 radical (unpaired) electrons. The molecule has 1 saturated heterocycles. The van der Waals surface area contributed by atoms with Crippen molar-refractivity contribution in [1.29, 1.82) is 0 Å². The van der Waals surface area contributed by atoms with Crippen LogP contribution >= 0.6 is 0 Å². The van der Waals surface area contributed by atoms with Crippen molar-refractivity contribution < 1.29 is 4.79 Å². The molecule has 28 heavy (non-hydrogen) atoms. The van der Waals surface area contributed by atoms with Gasteiger partial charge in [0.2, 0.25) is 5.91 Å². The van der Waals surface area contributed by atoms with Crippen LogP contribution in [-0.2, 0) is 11.2 Å². The molecule has 156 valence electrons. The molecule has 0 aromatic heterocycles. The largest absolute Gasteiger partial charge is 0.356 e. The van der Waals surface area contributed by atoms with Crippen molar-refractivity contribution in [3.63, 3.8) is 0 Å². The normalized spacial score (nSPS) is 15.8. The van der Waals surface area contributed by atoms with E-state index in [0.29, 0.717) is 11.9 Å². The van der Waals surface area contributed by atoms with Crippen LogP contribution in [0.1, 0.15) is 56.2 Å². The number of aliphatic imine (C=N–C) groups is 1. The van der Waals surface area contributed by atoms with Crippen molar-refractivity contribution in [2.45, 2.75) is 65.8 Å². The van der Waals surface area contributed by atoms with E-state index in [2.05, 4.69) is 61.5 Å². The van der Waals surface area contributed by atoms with Gasteiger partial charge in [-0.15, -0.1) is 0 Å². The maximum atomic E-state index is 12.5. The van der Waals surface area contributed by atoms with Gasteiger partial charge in [-0.1, -0.05) is 43.2 Å². The molecule has 1 aliphatic rings. The summed E-state index contributed by atoms with van der Waals surface area (Å²) >= 11 is 0. The summed E-state index contributed by atoms with van der Waals surface area (Å²) in [5.74, 6) is 1.37. The van der Waals surface area contributed by atoms with Crippen LogP contribution in [0.3, 0.4) is 0 Å². The average molecular weight is 387 g/mol. The predicted octanol–water partition coefficient (Wildman–Crippen LogP) is 3.44. The molecule has 1 fully saturated rings. The topological polar surface area (TPSA) is 56.7 Å². The molecule has 2 rings (SSSR count). The van der Waals surface area contributed by atoms with Crippen LogP contribution in [-0.4, -0.2) is 49.5 Å². The molecular weight excluding hydrogens is 348 g/mol. The highest BCUT2D eigenvalue weighted by molar-refractivity contribution is 5.80. The maximum Gasteiger partial charge on any atom is 0.225 e. The van der Waals surface area contributed by atoms with Crippen LogP contribution in [0.25, 0.3) is 0 Å². The Morgan fingerprint density at radius 3 is 2.29 bits per heavy atom. The summed E-state index contributed by atoms with van der Waals surface area (Å²) in [6.45, 7) is 11.0. The highest BCUT2D eigenvalue weighted by atomic mass is 16.2. The Balaban J connectivity index is 1.76. The minimum Gasteiger partial charge on any atom is -0.356 e. The zero-order valence-corrected chi connectivity index (χ0v) is 18.3. The van der Waals surface area contributed by atoms with Crippen molar-refractivity contribution in [3.8, 4) is 0 Å². The molecular formula is C23H38N4O. The summed E-state index contributed by atoms with van der Waals surface area (Å²) in [6, 6.07) is 7.07. The van der Waals surface area contributed by atoms with Crippen LogP contribution in [0.2, 0.25) is 0 Å². The first-order chi connectivity index (χ1) is 13.5. The van der Waals surface area contributed by atoms with Gasteiger partial charge in [0, 0.05) is 38.6 Å². The third-order valence-electron chi connectivity index (χ3n) is 5.69. The zero-order chi connectivity index (χ0) is 20.5. The van der Waals surface area contributed by atoms with E-state index in [1.54, 1.807) is 0 Å². The van der Waals surface area contributed by atoms with Crippen molar-refractivity contribution in [2.75, 3.05) is 26.7 Å². The van der Waals surface area contributed by atoms with E-state index in [0.717, 1.165) is 57.7 Å². The number of nitrogens with one attached hydrogen (secondary N) is 2. The maximum absolute atomic E-state index is 12.5. The van der Waals surface area contributed by atoms with Crippen LogP contribution in [0.5, 0.6) is 0 Å². The summed E-state index contributed by atoms with van der Waals surface area (Å²) in [4.78, 5) is 19.0. The number of nitrogens with zero attached hydrogens (tertiary/aromatic N) is 2. The Bertz CT molecular complexity index is 638. The van der Waals surface area contributed by atoms with Crippen LogP contribution in [0, 0.1) is 19.8 Å². The smallest absolute Gasteiger partial charge is 0.225 e. The molecule has 0 bridgehead atoms. The molecule has 1 amide bonds. The number of carbonyl (C=O) groups excluding carboxylic acids is 1. The van der Waals surface area contributed by atoms with Gasteiger partial charge in [0.15, 0.2) is 5.96 Å². The highest BCUT2D eigenvalue weighted by Gasteiger charge is 2.26. The summed E-state index contributed by atoms with van der Waals surface area (Å²) in [5.41, 5.74) is 3.98. The van der Waals surface area contributed by atoms with E-state index in [9.17, 15) is 4.79 Å². The third kappa shape index (κ3) is 6.54. The van der Waals surface area contributed by atoms with Gasteiger partial charge in [-0.3, -0.25) is 9.79 Å². The molecule has 1 heterocycles. The molecule has 0 unspecified atom stereocenters. The van der Waals surface area contributed by atoms with Gasteiger partial charge in [0.1, 0.15) is 0 Å². The number of guanidine groups is 1. The van der Waals surface area contributed by atoms with Gasteiger partial charge in [0.05, 0.1) is 0 Å². The fraction of sp³-hybridized carbons (Fsp3) is 0.652. The average Bonchev–Trinajstić information content (AvgIpc) is 2.68. The molecule has 2 N–H and O–H groups in total. The van der Waals surface area contributed by atoms with Crippen LogP contribution < -0.4 is 10.6 Å².